The highest BCUT2D eigenvalue weighted by atomic mass is 16.6. The van der Waals surface area contributed by atoms with Gasteiger partial charge in [-0.3, -0.25) is 4.79 Å². The minimum Gasteiger partial charge on any atom is -0.463 e. The highest BCUT2D eigenvalue weighted by molar-refractivity contribution is 5.72. The van der Waals surface area contributed by atoms with E-state index in [-0.39, 0.29) is 11.9 Å². The van der Waals surface area contributed by atoms with Crippen LogP contribution in [0.5, 0.6) is 0 Å². The van der Waals surface area contributed by atoms with E-state index in [9.17, 15) is 4.79 Å². The van der Waals surface area contributed by atoms with E-state index < -0.39 is 0 Å². The SMILES string of the molecule is CCCCOCCOCCOC(=O)C(CC)CCCC. The minimum absolute atomic E-state index is 0.0485. The maximum atomic E-state index is 11.8. The molecule has 0 aliphatic carbocycles. The number of hydrogen-bond donors (Lipinski definition) is 0. The van der Waals surface area contributed by atoms with E-state index >= 15 is 0 Å². The molecule has 0 saturated carbocycles. The summed E-state index contributed by atoms with van der Waals surface area (Å²) in [5, 5.41) is 0. The highest BCUT2D eigenvalue weighted by Crippen LogP contribution is 2.14. The van der Waals surface area contributed by atoms with E-state index in [1.54, 1.807) is 0 Å². The maximum Gasteiger partial charge on any atom is 0.308 e. The third-order valence-corrected chi connectivity index (χ3v) is 3.22. The molecule has 0 rings (SSSR count). The lowest BCUT2D eigenvalue weighted by molar-refractivity contribution is -0.150. The van der Waals surface area contributed by atoms with Crippen molar-refractivity contribution in [1.29, 1.82) is 0 Å². The van der Waals surface area contributed by atoms with Crippen LogP contribution in [-0.4, -0.2) is 39.0 Å². The second-order valence-electron chi connectivity index (χ2n) is 4.99. The molecule has 0 fully saturated rings. The van der Waals surface area contributed by atoms with E-state index in [0.29, 0.717) is 26.4 Å². The van der Waals surface area contributed by atoms with Crippen molar-refractivity contribution in [2.75, 3.05) is 33.0 Å². The quantitative estimate of drug-likeness (QED) is 0.362. The van der Waals surface area contributed by atoms with Gasteiger partial charge in [0.1, 0.15) is 6.61 Å². The third-order valence-electron chi connectivity index (χ3n) is 3.22. The van der Waals surface area contributed by atoms with Crippen molar-refractivity contribution in [3.05, 3.63) is 0 Å². The minimum atomic E-state index is -0.0799. The van der Waals surface area contributed by atoms with Gasteiger partial charge in [0, 0.05) is 6.61 Å². The summed E-state index contributed by atoms with van der Waals surface area (Å²) in [5.74, 6) is -0.0314. The Morgan fingerprint density at radius 1 is 0.850 bits per heavy atom. The van der Waals surface area contributed by atoms with Gasteiger partial charge in [-0.2, -0.15) is 0 Å². The Morgan fingerprint density at radius 2 is 1.45 bits per heavy atom. The van der Waals surface area contributed by atoms with Crippen molar-refractivity contribution >= 4 is 5.97 Å². The van der Waals surface area contributed by atoms with Crippen molar-refractivity contribution < 1.29 is 19.0 Å². The molecule has 20 heavy (non-hydrogen) atoms. The fourth-order valence-corrected chi connectivity index (χ4v) is 1.83. The third kappa shape index (κ3) is 11.2. The van der Waals surface area contributed by atoms with Crippen LogP contribution in [0.4, 0.5) is 0 Å². The van der Waals surface area contributed by atoms with Crippen LogP contribution in [0.15, 0.2) is 0 Å². The summed E-state index contributed by atoms with van der Waals surface area (Å²) >= 11 is 0. The molecule has 0 saturated heterocycles. The van der Waals surface area contributed by atoms with Crippen molar-refractivity contribution in [1.82, 2.24) is 0 Å². The Kier molecular flexibility index (Phi) is 14.3. The number of hydrogen-bond acceptors (Lipinski definition) is 4. The molecule has 1 atom stereocenters. The van der Waals surface area contributed by atoms with E-state index in [1.165, 1.54) is 0 Å². The van der Waals surface area contributed by atoms with Crippen molar-refractivity contribution in [2.24, 2.45) is 5.92 Å². The molecule has 0 aromatic carbocycles. The summed E-state index contributed by atoms with van der Waals surface area (Å²) in [4.78, 5) is 11.8. The lowest BCUT2D eigenvalue weighted by Gasteiger charge is -2.13. The Bertz CT molecular complexity index is 219. The molecule has 0 N–H and O–H groups in total. The molecule has 120 valence electrons. The summed E-state index contributed by atoms with van der Waals surface area (Å²) in [6.45, 7) is 9.07. The molecular formula is C16H32O4. The molecule has 0 aromatic heterocycles. The van der Waals surface area contributed by atoms with Crippen LogP contribution < -0.4 is 0 Å². The monoisotopic (exact) mass is 288 g/mol. The number of unbranched alkanes of at least 4 members (excludes halogenated alkanes) is 2. The van der Waals surface area contributed by atoms with Crippen LogP contribution in [-0.2, 0) is 19.0 Å². The lowest BCUT2D eigenvalue weighted by atomic mass is 10.00. The number of carbonyl (C=O) groups excluding carboxylic acids is 1. The number of carbonyl (C=O) groups is 1. The van der Waals surface area contributed by atoms with E-state index in [2.05, 4.69) is 13.8 Å². The molecule has 0 aliphatic heterocycles. The van der Waals surface area contributed by atoms with Crippen LogP contribution >= 0.6 is 0 Å². The van der Waals surface area contributed by atoms with Gasteiger partial charge in [-0.1, -0.05) is 40.0 Å². The second-order valence-corrected chi connectivity index (χ2v) is 4.99. The second kappa shape index (κ2) is 14.8. The first-order valence-corrected chi connectivity index (χ1v) is 8.08. The Balaban J connectivity index is 3.41. The Hall–Kier alpha value is -0.610. The molecule has 0 aliphatic rings. The van der Waals surface area contributed by atoms with E-state index in [4.69, 9.17) is 14.2 Å². The van der Waals surface area contributed by atoms with E-state index in [0.717, 1.165) is 45.1 Å². The molecule has 0 radical (unpaired) electrons. The zero-order valence-corrected chi connectivity index (χ0v) is 13.5. The molecular weight excluding hydrogens is 256 g/mol. The van der Waals surface area contributed by atoms with Gasteiger partial charge in [-0.05, 0) is 19.3 Å². The van der Waals surface area contributed by atoms with Crippen LogP contribution in [0.1, 0.15) is 59.3 Å². The first-order valence-electron chi connectivity index (χ1n) is 8.08. The van der Waals surface area contributed by atoms with Gasteiger partial charge < -0.3 is 14.2 Å². The molecule has 0 amide bonds. The molecule has 0 bridgehead atoms. The molecule has 0 aromatic rings. The number of ether oxygens (including phenoxy) is 3. The number of esters is 1. The zero-order chi connectivity index (χ0) is 15.1. The number of rotatable bonds is 14. The lowest BCUT2D eigenvalue weighted by Crippen LogP contribution is -2.20. The predicted molar refractivity (Wildman–Crippen MR) is 80.8 cm³/mol. The van der Waals surface area contributed by atoms with Gasteiger partial charge in [0.15, 0.2) is 0 Å². The molecule has 4 heteroatoms. The summed E-state index contributed by atoms with van der Waals surface area (Å²) in [5.41, 5.74) is 0. The first-order chi connectivity index (χ1) is 9.76. The van der Waals surface area contributed by atoms with Gasteiger partial charge in [0.25, 0.3) is 0 Å². The molecule has 0 heterocycles. The fourth-order valence-electron chi connectivity index (χ4n) is 1.83. The van der Waals surface area contributed by atoms with Crippen molar-refractivity contribution in [3.63, 3.8) is 0 Å². The van der Waals surface area contributed by atoms with Gasteiger partial charge in [-0.15, -0.1) is 0 Å². The fraction of sp³-hybridized carbons (Fsp3) is 0.938. The largest absolute Gasteiger partial charge is 0.463 e. The summed E-state index contributed by atoms with van der Waals surface area (Å²) in [6, 6.07) is 0. The molecule has 0 spiro atoms. The topological polar surface area (TPSA) is 44.8 Å². The first kappa shape index (κ1) is 19.4. The zero-order valence-electron chi connectivity index (χ0n) is 13.5. The van der Waals surface area contributed by atoms with Crippen LogP contribution in [0.25, 0.3) is 0 Å². The summed E-state index contributed by atoms with van der Waals surface area (Å²) < 4.78 is 16.0. The van der Waals surface area contributed by atoms with E-state index in [1.807, 2.05) is 6.92 Å². The predicted octanol–water partition coefficient (Wildman–Crippen LogP) is 3.58. The van der Waals surface area contributed by atoms with Crippen molar-refractivity contribution in [2.45, 2.75) is 59.3 Å². The van der Waals surface area contributed by atoms with Gasteiger partial charge in [0.2, 0.25) is 0 Å². The summed E-state index contributed by atoms with van der Waals surface area (Å²) in [7, 11) is 0. The van der Waals surface area contributed by atoms with Gasteiger partial charge in [0.05, 0.1) is 25.7 Å². The highest BCUT2D eigenvalue weighted by Gasteiger charge is 2.16. The maximum absolute atomic E-state index is 11.8. The Labute approximate surface area is 124 Å². The van der Waals surface area contributed by atoms with Crippen LogP contribution in [0.3, 0.4) is 0 Å². The molecule has 4 nitrogen and oxygen atoms in total. The molecule has 1 unspecified atom stereocenters. The van der Waals surface area contributed by atoms with Crippen LogP contribution in [0.2, 0.25) is 0 Å². The smallest absolute Gasteiger partial charge is 0.308 e. The van der Waals surface area contributed by atoms with Gasteiger partial charge in [-0.25, -0.2) is 0 Å². The average Bonchev–Trinajstić information content (AvgIpc) is 2.46. The standard InChI is InChI=1S/C16H32O4/c1-4-7-9-15(6-3)16(17)20-14-13-19-12-11-18-10-8-5-2/h15H,4-14H2,1-3H3. The normalized spacial score (nSPS) is 12.3. The Morgan fingerprint density at radius 3 is 2.05 bits per heavy atom. The van der Waals surface area contributed by atoms with Crippen molar-refractivity contribution in [3.8, 4) is 0 Å². The van der Waals surface area contributed by atoms with Crippen LogP contribution in [0, 0.1) is 5.92 Å². The average molecular weight is 288 g/mol. The van der Waals surface area contributed by atoms with Gasteiger partial charge >= 0.3 is 5.97 Å². The summed E-state index contributed by atoms with van der Waals surface area (Å²) in [6.07, 6.45) is 6.22.